The lowest BCUT2D eigenvalue weighted by Crippen LogP contribution is -2.05. The second-order valence-electron chi connectivity index (χ2n) is 3.91. The van der Waals surface area contributed by atoms with E-state index in [0.717, 1.165) is 22.9 Å². The van der Waals surface area contributed by atoms with Gasteiger partial charge in [-0.3, -0.25) is 0 Å². The normalized spacial score (nSPS) is 10.5. The first-order valence-electron chi connectivity index (χ1n) is 5.89. The Labute approximate surface area is 111 Å². The van der Waals surface area contributed by atoms with E-state index in [0.29, 0.717) is 13.2 Å². The minimum atomic E-state index is 0.595. The summed E-state index contributed by atoms with van der Waals surface area (Å²) >= 11 is 0. The van der Waals surface area contributed by atoms with Gasteiger partial charge in [-0.25, -0.2) is 0 Å². The Kier molecular flexibility index (Phi) is 4.35. The number of aromatic nitrogens is 3. The van der Waals surface area contributed by atoms with Gasteiger partial charge in [0.25, 0.3) is 0 Å². The van der Waals surface area contributed by atoms with Crippen LogP contribution in [0.15, 0.2) is 24.5 Å². The van der Waals surface area contributed by atoms with E-state index >= 15 is 0 Å². The first kappa shape index (κ1) is 13.4. The van der Waals surface area contributed by atoms with Crippen molar-refractivity contribution in [2.45, 2.75) is 6.54 Å². The predicted octanol–water partition coefficient (Wildman–Crippen LogP) is 1.61. The fourth-order valence-electron chi connectivity index (χ4n) is 1.81. The van der Waals surface area contributed by atoms with Crippen molar-refractivity contribution in [3.63, 3.8) is 0 Å². The third-order valence-electron chi connectivity index (χ3n) is 2.80. The standard InChI is InChI=1S/C13H17N3O3/c1-17-7-6-16-9-14-15-13(16)11-8-10(18-2)4-5-12(11)19-3/h4-5,8-9H,6-7H2,1-3H3. The molecule has 0 N–H and O–H groups in total. The van der Waals surface area contributed by atoms with Gasteiger partial charge in [0.15, 0.2) is 5.82 Å². The molecule has 2 aromatic rings. The van der Waals surface area contributed by atoms with E-state index < -0.39 is 0 Å². The van der Waals surface area contributed by atoms with E-state index in [1.807, 2.05) is 22.8 Å². The third-order valence-corrected chi connectivity index (χ3v) is 2.80. The van der Waals surface area contributed by atoms with Crippen LogP contribution in [0.2, 0.25) is 0 Å². The van der Waals surface area contributed by atoms with Gasteiger partial charge in [0, 0.05) is 13.7 Å². The zero-order chi connectivity index (χ0) is 13.7. The van der Waals surface area contributed by atoms with Crippen LogP contribution in [0.5, 0.6) is 11.5 Å². The van der Waals surface area contributed by atoms with Gasteiger partial charge in [0.1, 0.15) is 17.8 Å². The average Bonchev–Trinajstić information content (AvgIpc) is 2.92. The van der Waals surface area contributed by atoms with Crippen LogP contribution in [0.1, 0.15) is 0 Å². The van der Waals surface area contributed by atoms with Crippen molar-refractivity contribution in [2.75, 3.05) is 27.9 Å². The summed E-state index contributed by atoms with van der Waals surface area (Å²) < 4.78 is 17.6. The molecule has 6 nitrogen and oxygen atoms in total. The molecule has 1 heterocycles. The Bertz CT molecular complexity index is 540. The van der Waals surface area contributed by atoms with Crippen LogP contribution in [0.4, 0.5) is 0 Å². The molecule has 1 aromatic heterocycles. The largest absolute Gasteiger partial charge is 0.497 e. The van der Waals surface area contributed by atoms with Crippen molar-refractivity contribution in [3.05, 3.63) is 24.5 Å². The van der Waals surface area contributed by atoms with E-state index in [9.17, 15) is 0 Å². The van der Waals surface area contributed by atoms with Crippen LogP contribution in [-0.4, -0.2) is 42.7 Å². The molecule has 0 fully saturated rings. The maximum atomic E-state index is 5.36. The highest BCUT2D eigenvalue weighted by atomic mass is 16.5. The van der Waals surface area contributed by atoms with Gasteiger partial charge in [0.2, 0.25) is 0 Å². The first-order chi connectivity index (χ1) is 9.30. The van der Waals surface area contributed by atoms with Gasteiger partial charge in [-0.1, -0.05) is 0 Å². The Balaban J connectivity index is 2.42. The predicted molar refractivity (Wildman–Crippen MR) is 70.4 cm³/mol. The molecule has 0 aliphatic rings. The average molecular weight is 263 g/mol. The highest BCUT2D eigenvalue weighted by molar-refractivity contribution is 5.66. The van der Waals surface area contributed by atoms with Crippen molar-refractivity contribution in [1.82, 2.24) is 14.8 Å². The zero-order valence-electron chi connectivity index (χ0n) is 11.3. The lowest BCUT2D eigenvalue weighted by atomic mass is 10.1. The summed E-state index contributed by atoms with van der Waals surface area (Å²) in [5.41, 5.74) is 0.843. The molecule has 0 aliphatic carbocycles. The maximum Gasteiger partial charge on any atom is 0.167 e. The van der Waals surface area contributed by atoms with E-state index in [1.54, 1.807) is 27.7 Å². The van der Waals surface area contributed by atoms with Gasteiger partial charge in [-0.2, -0.15) is 0 Å². The molecule has 102 valence electrons. The number of nitrogens with zero attached hydrogens (tertiary/aromatic N) is 3. The fourth-order valence-corrected chi connectivity index (χ4v) is 1.81. The second-order valence-corrected chi connectivity index (χ2v) is 3.91. The lowest BCUT2D eigenvalue weighted by molar-refractivity contribution is 0.187. The van der Waals surface area contributed by atoms with Crippen LogP contribution >= 0.6 is 0 Å². The lowest BCUT2D eigenvalue weighted by Gasteiger charge is -2.11. The number of rotatable bonds is 6. The van der Waals surface area contributed by atoms with Crippen molar-refractivity contribution in [3.8, 4) is 22.9 Å². The van der Waals surface area contributed by atoms with Gasteiger partial charge >= 0.3 is 0 Å². The van der Waals surface area contributed by atoms with Crippen LogP contribution < -0.4 is 9.47 Å². The summed E-state index contributed by atoms with van der Waals surface area (Å²) in [6.07, 6.45) is 1.67. The molecule has 0 aliphatic heterocycles. The summed E-state index contributed by atoms with van der Waals surface area (Å²) in [6, 6.07) is 5.58. The van der Waals surface area contributed by atoms with Crippen molar-refractivity contribution < 1.29 is 14.2 Å². The molecule has 0 spiro atoms. The van der Waals surface area contributed by atoms with Crippen LogP contribution in [0, 0.1) is 0 Å². The van der Waals surface area contributed by atoms with E-state index in [-0.39, 0.29) is 0 Å². The molecule has 0 bridgehead atoms. The third kappa shape index (κ3) is 2.85. The minimum absolute atomic E-state index is 0.595. The zero-order valence-corrected chi connectivity index (χ0v) is 11.3. The Hall–Kier alpha value is -2.08. The maximum absolute atomic E-state index is 5.36. The summed E-state index contributed by atoms with van der Waals surface area (Å²) in [4.78, 5) is 0. The molecular formula is C13H17N3O3. The molecule has 0 unspecified atom stereocenters. The summed E-state index contributed by atoms with van der Waals surface area (Å²) in [5.74, 6) is 2.21. The first-order valence-corrected chi connectivity index (χ1v) is 5.89. The Morgan fingerprint density at radius 2 is 2.00 bits per heavy atom. The highest BCUT2D eigenvalue weighted by Crippen LogP contribution is 2.31. The quantitative estimate of drug-likeness (QED) is 0.792. The van der Waals surface area contributed by atoms with Crippen molar-refractivity contribution in [2.24, 2.45) is 0 Å². The Morgan fingerprint density at radius 3 is 2.68 bits per heavy atom. The molecule has 19 heavy (non-hydrogen) atoms. The molecule has 6 heteroatoms. The van der Waals surface area contributed by atoms with Gasteiger partial charge in [-0.15, -0.1) is 10.2 Å². The van der Waals surface area contributed by atoms with Gasteiger partial charge < -0.3 is 18.8 Å². The smallest absolute Gasteiger partial charge is 0.167 e. The van der Waals surface area contributed by atoms with E-state index in [4.69, 9.17) is 14.2 Å². The summed E-state index contributed by atoms with van der Waals surface area (Å²) in [5, 5.41) is 8.09. The number of hydrogen-bond acceptors (Lipinski definition) is 5. The van der Waals surface area contributed by atoms with Crippen molar-refractivity contribution in [1.29, 1.82) is 0 Å². The van der Waals surface area contributed by atoms with E-state index in [2.05, 4.69) is 10.2 Å². The molecule has 0 radical (unpaired) electrons. The fraction of sp³-hybridized carbons (Fsp3) is 0.385. The van der Waals surface area contributed by atoms with Crippen LogP contribution in [-0.2, 0) is 11.3 Å². The molecule has 0 atom stereocenters. The Morgan fingerprint density at radius 1 is 1.16 bits per heavy atom. The van der Waals surface area contributed by atoms with Crippen LogP contribution in [0.25, 0.3) is 11.4 Å². The number of benzene rings is 1. The number of hydrogen-bond donors (Lipinski definition) is 0. The van der Waals surface area contributed by atoms with Gasteiger partial charge in [-0.05, 0) is 18.2 Å². The van der Waals surface area contributed by atoms with E-state index in [1.165, 1.54) is 0 Å². The highest BCUT2D eigenvalue weighted by Gasteiger charge is 2.13. The van der Waals surface area contributed by atoms with Crippen LogP contribution in [0.3, 0.4) is 0 Å². The second kappa shape index (κ2) is 6.19. The molecular weight excluding hydrogens is 246 g/mol. The van der Waals surface area contributed by atoms with Gasteiger partial charge in [0.05, 0.1) is 26.4 Å². The van der Waals surface area contributed by atoms with Crippen molar-refractivity contribution >= 4 is 0 Å². The molecule has 0 saturated carbocycles. The number of methoxy groups -OCH3 is 3. The molecule has 2 rings (SSSR count). The monoisotopic (exact) mass is 263 g/mol. The molecule has 0 saturated heterocycles. The topological polar surface area (TPSA) is 58.4 Å². The SMILES string of the molecule is COCCn1cnnc1-c1cc(OC)ccc1OC. The molecule has 1 aromatic carbocycles. The number of ether oxygens (including phenoxy) is 3. The summed E-state index contributed by atoms with van der Waals surface area (Å²) in [6.45, 7) is 1.27. The summed E-state index contributed by atoms with van der Waals surface area (Å²) in [7, 11) is 4.92. The minimum Gasteiger partial charge on any atom is -0.497 e. The molecule has 0 amide bonds.